The van der Waals surface area contributed by atoms with Crippen molar-refractivity contribution in [2.24, 2.45) is 5.92 Å². The number of carboxylic acids is 1. The van der Waals surface area contributed by atoms with Gasteiger partial charge in [0.1, 0.15) is 0 Å². The number of thioether (sulfide) groups is 1. The van der Waals surface area contributed by atoms with Crippen molar-refractivity contribution in [1.82, 2.24) is 5.32 Å². The van der Waals surface area contributed by atoms with Crippen molar-refractivity contribution in [1.29, 1.82) is 0 Å². The Balaban J connectivity index is 1.81. The van der Waals surface area contributed by atoms with Gasteiger partial charge in [0.15, 0.2) is 0 Å². The van der Waals surface area contributed by atoms with Crippen molar-refractivity contribution in [3.63, 3.8) is 0 Å². The molecule has 2 aliphatic carbocycles. The fourth-order valence-corrected chi connectivity index (χ4v) is 4.50. The summed E-state index contributed by atoms with van der Waals surface area (Å²) in [5, 5.41) is 12.8. The molecule has 0 bridgehead atoms. The number of carboxylic acid groups (broad SMARTS) is 1. The van der Waals surface area contributed by atoms with Crippen molar-refractivity contribution in [2.75, 3.05) is 12.8 Å². The third kappa shape index (κ3) is 4.12. The van der Waals surface area contributed by atoms with Crippen LogP contribution in [0.25, 0.3) is 0 Å². The first-order valence-corrected chi connectivity index (χ1v) is 8.89. The normalized spacial score (nSPS) is 31.0. The number of nitrogens with one attached hydrogen (secondary N) is 1. The molecule has 2 saturated carbocycles. The van der Waals surface area contributed by atoms with Gasteiger partial charge < -0.3 is 10.4 Å². The molecule has 0 aliphatic heterocycles. The molecule has 4 heteroatoms. The van der Waals surface area contributed by atoms with Crippen LogP contribution >= 0.6 is 11.8 Å². The molecule has 0 aromatic rings. The van der Waals surface area contributed by atoms with E-state index in [1.165, 1.54) is 32.1 Å². The molecule has 2 fully saturated rings. The highest BCUT2D eigenvalue weighted by atomic mass is 32.2. The van der Waals surface area contributed by atoms with Gasteiger partial charge in [0.25, 0.3) is 0 Å². The first-order valence-electron chi connectivity index (χ1n) is 7.66. The topological polar surface area (TPSA) is 49.3 Å². The zero-order valence-electron chi connectivity index (χ0n) is 12.0. The lowest BCUT2D eigenvalue weighted by Crippen LogP contribution is -2.45. The van der Waals surface area contributed by atoms with Crippen molar-refractivity contribution < 1.29 is 9.90 Å². The van der Waals surface area contributed by atoms with E-state index in [0.717, 1.165) is 32.2 Å². The van der Waals surface area contributed by atoms with Gasteiger partial charge in [-0.1, -0.05) is 25.7 Å². The predicted octanol–water partition coefficient (Wildman–Crippen LogP) is 3.29. The van der Waals surface area contributed by atoms with E-state index in [2.05, 4.69) is 11.6 Å². The third-order valence-electron chi connectivity index (χ3n) is 4.93. The van der Waals surface area contributed by atoms with E-state index >= 15 is 0 Å². The Hall–Kier alpha value is -0.220. The van der Waals surface area contributed by atoms with Gasteiger partial charge in [-0.2, -0.15) is 11.8 Å². The maximum absolute atomic E-state index is 11.1. The molecule has 0 radical (unpaired) electrons. The first-order chi connectivity index (χ1) is 9.15. The van der Waals surface area contributed by atoms with Gasteiger partial charge in [0, 0.05) is 17.3 Å². The van der Waals surface area contributed by atoms with E-state index in [9.17, 15) is 4.79 Å². The molecule has 2 unspecified atom stereocenters. The zero-order chi connectivity index (χ0) is 13.7. The summed E-state index contributed by atoms with van der Waals surface area (Å²) in [4.78, 5) is 11.1. The Labute approximate surface area is 120 Å². The van der Waals surface area contributed by atoms with E-state index in [4.69, 9.17) is 5.11 Å². The second-order valence-corrected chi connectivity index (χ2v) is 7.50. The van der Waals surface area contributed by atoms with Crippen LogP contribution < -0.4 is 5.32 Å². The summed E-state index contributed by atoms with van der Waals surface area (Å²) >= 11 is 2.01. The molecule has 0 spiro atoms. The van der Waals surface area contributed by atoms with E-state index in [-0.39, 0.29) is 5.92 Å². The smallest absolute Gasteiger partial charge is 0.306 e. The van der Waals surface area contributed by atoms with E-state index in [1.54, 1.807) is 0 Å². The Kier molecular flexibility index (Phi) is 5.58. The number of carbonyl (C=O) groups is 1. The Morgan fingerprint density at radius 3 is 2.63 bits per heavy atom. The first kappa shape index (κ1) is 15.2. The maximum Gasteiger partial charge on any atom is 0.306 e. The van der Waals surface area contributed by atoms with Gasteiger partial charge in [0.05, 0.1) is 5.92 Å². The Morgan fingerprint density at radius 1 is 1.26 bits per heavy atom. The maximum atomic E-state index is 11.1. The summed E-state index contributed by atoms with van der Waals surface area (Å²) in [7, 11) is 0. The van der Waals surface area contributed by atoms with Crippen LogP contribution in [0.2, 0.25) is 0 Å². The summed E-state index contributed by atoms with van der Waals surface area (Å²) < 4.78 is 0.411. The van der Waals surface area contributed by atoms with Gasteiger partial charge in [-0.05, 0) is 38.4 Å². The molecular formula is C15H27NO2S. The lowest BCUT2D eigenvalue weighted by atomic mass is 9.84. The van der Waals surface area contributed by atoms with Crippen LogP contribution in [0.3, 0.4) is 0 Å². The van der Waals surface area contributed by atoms with E-state index < -0.39 is 5.97 Å². The summed E-state index contributed by atoms with van der Waals surface area (Å²) in [5.41, 5.74) is 0. The van der Waals surface area contributed by atoms with Crippen LogP contribution in [-0.2, 0) is 4.79 Å². The summed E-state index contributed by atoms with van der Waals surface area (Å²) in [6.45, 7) is 1.06. The Morgan fingerprint density at radius 2 is 2.00 bits per heavy atom. The minimum atomic E-state index is -0.608. The highest BCUT2D eigenvalue weighted by Gasteiger charge is 2.33. The molecule has 2 aliphatic rings. The number of rotatable bonds is 5. The van der Waals surface area contributed by atoms with Gasteiger partial charge in [-0.25, -0.2) is 0 Å². The van der Waals surface area contributed by atoms with Gasteiger partial charge >= 0.3 is 5.97 Å². The molecule has 0 aromatic heterocycles. The number of hydrogen-bond acceptors (Lipinski definition) is 3. The van der Waals surface area contributed by atoms with Crippen molar-refractivity contribution in [2.45, 2.75) is 68.6 Å². The highest BCUT2D eigenvalue weighted by Crippen LogP contribution is 2.38. The lowest BCUT2D eigenvalue weighted by Gasteiger charge is -2.38. The van der Waals surface area contributed by atoms with E-state index in [1.807, 2.05) is 11.8 Å². The van der Waals surface area contributed by atoms with Crippen LogP contribution in [0.1, 0.15) is 57.8 Å². The molecule has 0 heterocycles. The quantitative estimate of drug-likeness (QED) is 0.814. The van der Waals surface area contributed by atoms with Crippen LogP contribution in [0, 0.1) is 5.92 Å². The highest BCUT2D eigenvalue weighted by molar-refractivity contribution is 8.00. The van der Waals surface area contributed by atoms with Gasteiger partial charge in [-0.3, -0.25) is 4.79 Å². The van der Waals surface area contributed by atoms with Crippen LogP contribution in [0.15, 0.2) is 0 Å². The average Bonchev–Trinajstić information content (AvgIpc) is 2.46. The second-order valence-electron chi connectivity index (χ2n) is 6.23. The zero-order valence-corrected chi connectivity index (χ0v) is 12.8. The molecule has 3 nitrogen and oxygen atoms in total. The third-order valence-corrected chi connectivity index (χ3v) is 6.35. The number of aliphatic carboxylic acids is 1. The summed E-state index contributed by atoms with van der Waals surface area (Å²) in [5.74, 6) is -0.730. The summed E-state index contributed by atoms with van der Waals surface area (Å²) in [6.07, 6.45) is 12.8. The fraction of sp³-hybridized carbons (Fsp3) is 0.933. The standard InChI is InChI=1S/C15H27NO2S/c1-19-15(8-3-2-4-9-15)11-16-13-7-5-6-12(10-13)14(17)18/h12-13,16H,2-11H2,1H3,(H,17,18). The fourth-order valence-electron chi connectivity index (χ4n) is 3.58. The number of hydrogen-bond donors (Lipinski definition) is 2. The SMILES string of the molecule is CSC1(CNC2CCCC(C(=O)O)C2)CCCCC1. The molecule has 0 aromatic carbocycles. The largest absolute Gasteiger partial charge is 0.481 e. The molecule has 2 N–H and O–H groups in total. The van der Waals surface area contributed by atoms with Gasteiger partial charge in [-0.15, -0.1) is 0 Å². The van der Waals surface area contributed by atoms with E-state index in [0.29, 0.717) is 10.8 Å². The molecule has 19 heavy (non-hydrogen) atoms. The predicted molar refractivity (Wildman–Crippen MR) is 80.7 cm³/mol. The van der Waals surface area contributed by atoms with Crippen LogP contribution in [0.5, 0.6) is 0 Å². The summed E-state index contributed by atoms with van der Waals surface area (Å²) in [6, 6.07) is 0.417. The van der Waals surface area contributed by atoms with Crippen molar-refractivity contribution in [3.8, 4) is 0 Å². The Bertz CT molecular complexity index is 303. The van der Waals surface area contributed by atoms with Gasteiger partial charge in [0.2, 0.25) is 0 Å². The molecule has 2 atom stereocenters. The molecule has 110 valence electrons. The lowest BCUT2D eigenvalue weighted by molar-refractivity contribution is -0.143. The molecule has 0 saturated heterocycles. The van der Waals surface area contributed by atoms with Crippen molar-refractivity contribution in [3.05, 3.63) is 0 Å². The van der Waals surface area contributed by atoms with Crippen LogP contribution in [-0.4, -0.2) is 34.7 Å². The second kappa shape index (κ2) is 6.98. The van der Waals surface area contributed by atoms with Crippen molar-refractivity contribution >= 4 is 17.7 Å². The minimum Gasteiger partial charge on any atom is -0.481 e. The molecule has 2 rings (SSSR count). The average molecular weight is 285 g/mol. The van der Waals surface area contributed by atoms with Crippen LogP contribution in [0.4, 0.5) is 0 Å². The molecular weight excluding hydrogens is 258 g/mol. The minimum absolute atomic E-state index is 0.122. The monoisotopic (exact) mass is 285 g/mol. The molecule has 0 amide bonds.